The molecule has 1 aliphatic rings. The van der Waals surface area contributed by atoms with Gasteiger partial charge in [-0.3, -0.25) is 4.79 Å². The summed E-state index contributed by atoms with van der Waals surface area (Å²) in [5.41, 5.74) is 1.28. The maximum Gasteiger partial charge on any atom is 0.244 e. The van der Waals surface area contributed by atoms with Gasteiger partial charge in [0.2, 0.25) is 5.91 Å². The highest BCUT2D eigenvalue weighted by atomic mass is 35.5. The molecular weight excluding hydrogens is 326 g/mol. The van der Waals surface area contributed by atoms with Gasteiger partial charge in [0.1, 0.15) is 5.15 Å². The number of nitrogens with one attached hydrogen (secondary N) is 1. The van der Waals surface area contributed by atoms with Crippen LogP contribution in [0.5, 0.6) is 0 Å². The molecule has 120 valence electrons. The maximum absolute atomic E-state index is 11.6. The predicted octanol–water partition coefficient (Wildman–Crippen LogP) is 1.52. The first-order valence-corrected chi connectivity index (χ1v) is 9.06. The summed E-state index contributed by atoms with van der Waals surface area (Å²) in [4.78, 5) is 11.6. The Balaban J connectivity index is 2.19. The van der Waals surface area contributed by atoms with Crippen LogP contribution < -0.4 is 5.32 Å². The number of halogens is 1. The number of hydrogen-bond acceptors (Lipinski definition) is 4. The third-order valence-electron chi connectivity index (χ3n) is 3.45. The molecule has 2 rings (SSSR count). The van der Waals surface area contributed by atoms with Gasteiger partial charge in [0.05, 0.1) is 23.2 Å². The molecule has 6 nitrogen and oxygen atoms in total. The van der Waals surface area contributed by atoms with E-state index in [0.717, 1.165) is 0 Å². The lowest BCUT2D eigenvalue weighted by Crippen LogP contribution is -2.20. The molecular formula is C14H18ClN3O3S. The molecule has 0 bridgehead atoms. The van der Waals surface area contributed by atoms with Crippen LogP contribution in [0.15, 0.2) is 18.7 Å². The number of nitrogens with zero attached hydrogens (tertiary/aromatic N) is 2. The second-order valence-electron chi connectivity index (χ2n) is 5.16. The van der Waals surface area contributed by atoms with Crippen LogP contribution >= 0.6 is 11.6 Å². The van der Waals surface area contributed by atoms with Crippen molar-refractivity contribution >= 4 is 33.4 Å². The summed E-state index contributed by atoms with van der Waals surface area (Å²) in [6.07, 6.45) is 5.05. The van der Waals surface area contributed by atoms with E-state index in [1.165, 1.54) is 6.08 Å². The smallest absolute Gasteiger partial charge is 0.244 e. The zero-order valence-corrected chi connectivity index (χ0v) is 13.8. The Kier molecular flexibility index (Phi) is 5.08. The van der Waals surface area contributed by atoms with E-state index in [2.05, 4.69) is 17.0 Å². The topological polar surface area (TPSA) is 81.1 Å². The zero-order valence-electron chi connectivity index (χ0n) is 12.3. The fraction of sp³-hybridized carbons (Fsp3) is 0.429. The minimum atomic E-state index is -3.01. The Morgan fingerprint density at radius 3 is 2.91 bits per heavy atom. The van der Waals surface area contributed by atoms with Gasteiger partial charge in [-0.2, -0.15) is 5.10 Å². The molecule has 0 aromatic carbocycles. The Labute approximate surface area is 134 Å². The van der Waals surface area contributed by atoms with E-state index in [1.807, 2.05) is 0 Å². The molecule has 1 amide bonds. The van der Waals surface area contributed by atoms with Gasteiger partial charge in [-0.15, -0.1) is 6.58 Å². The van der Waals surface area contributed by atoms with Crippen molar-refractivity contribution in [3.8, 4) is 0 Å². The van der Waals surface area contributed by atoms with Crippen molar-refractivity contribution in [1.29, 1.82) is 0 Å². The standard InChI is InChI=1S/C14H18ClN3O3S/c1-3-7-16-13(19)5-4-12-10(2)17-18(14(12)15)11-6-8-22(20,21)9-11/h3-5,11H,1,6-9H2,2H3,(H,16,19)/b5-4+/t11-/m0/s1. The van der Waals surface area contributed by atoms with E-state index < -0.39 is 9.84 Å². The Hall–Kier alpha value is -1.60. The molecule has 1 aromatic heterocycles. The Morgan fingerprint density at radius 2 is 2.32 bits per heavy atom. The number of aryl methyl sites for hydroxylation is 1. The number of carbonyl (C=O) groups is 1. The number of aromatic nitrogens is 2. The molecule has 1 saturated heterocycles. The molecule has 8 heteroatoms. The lowest BCUT2D eigenvalue weighted by atomic mass is 10.2. The van der Waals surface area contributed by atoms with E-state index in [1.54, 1.807) is 23.8 Å². The number of hydrogen-bond donors (Lipinski definition) is 1. The molecule has 1 fully saturated rings. The molecule has 0 unspecified atom stereocenters. The van der Waals surface area contributed by atoms with Gasteiger partial charge in [0, 0.05) is 18.2 Å². The highest BCUT2D eigenvalue weighted by molar-refractivity contribution is 7.91. The van der Waals surface area contributed by atoms with Crippen molar-refractivity contribution in [1.82, 2.24) is 15.1 Å². The molecule has 2 heterocycles. The van der Waals surface area contributed by atoms with Gasteiger partial charge in [-0.05, 0) is 19.4 Å². The molecule has 0 spiro atoms. The third kappa shape index (κ3) is 3.78. The maximum atomic E-state index is 11.6. The van der Waals surface area contributed by atoms with Crippen LogP contribution in [0, 0.1) is 6.92 Å². The number of sulfone groups is 1. The molecule has 22 heavy (non-hydrogen) atoms. The van der Waals surface area contributed by atoms with Gasteiger partial charge in [-0.1, -0.05) is 17.7 Å². The fourth-order valence-corrected chi connectivity index (χ4v) is 4.39. The summed E-state index contributed by atoms with van der Waals surface area (Å²) in [7, 11) is -3.01. The summed E-state index contributed by atoms with van der Waals surface area (Å²) in [6.45, 7) is 5.67. The van der Waals surface area contributed by atoms with E-state index in [9.17, 15) is 13.2 Å². The lowest BCUT2D eigenvalue weighted by Gasteiger charge is -2.09. The predicted molar refractivity (Wildman–Crippen MR) is 86.5 cm³/mol. The van der Waals surface area contributed by atoms with Gasteiger partial charge in [0.25, 0.3) is 0 Å². The lowest BCUT2D eigenvalue weighted by molar-refractivity contribution is -0.116. The second kappa shape index (κ2) is 6.66. The van der Waals surface area contributed by atoms with Crippen LogP contribution in [0.3, 0.4) is 0 Å². The summed E-state index contributed by atoms with van der Waals surface area (Å²) in [6, 6.07) is -0.243. The Bertz CT molecular complexity index is 722. The van der Waals surface area contributed by atoms with Gasteiger partial charge >= 0.3 is 0 Å². The molecule has 0 saturated carbocycles. The van der Waals surface area contributed by atoms with Crippen LogP contribution in [0.1, 0.15) is 23.7 Å². The average molecular weight is 344 g/mol. The van der Waals surface area contributed by atoms with Gasteiger partial charge < -0.3 is 5.32 Å². The van der Waals surface area contributed by atoms with E-state index in [0.29, 0.717) is 29.4 Å². The minimum Gasteiger partial charge on any atom is -0.349 e. The third-order valence-corrected chi connectivity index (χ3v) is 5.57. The molecule has 0 aliphatic carbocycles. The normalized spacial score (nSPS) is 20.4. The SMILES string of the molecule is C=CCNC(=O)/C=C/c1c(C)nn([C@H]2CCS(=O)(=O)C2)c1Cl. The molecule has 1 aliphatic heterocycles. The zero-order chi connectivity index (χ0) is 16.3. The summed E-state index contributed by atoms with van der Waals surface area (Å²) in [5, 5.41) is 7.29. The van der Waals surface area contributed by atoms with Crippen LogP contribution in [-0.4, -0.2) is 42.2 Å². The monoisotopic (exact) mass is 343 g/mol. The van der Waals surface area contributed by atoms with Crippen LogP contribution in [0.25, 0.3) is 6.08 Å². The van der Waals surface area contributed by atoms with E-state index >= 15 is 0 Å². The van der Waals surface area contributed by atoms with Crippen molar-refractivity contribution < 1.29 is 13.2 Å². The van der Waals surface area contributed by atoms with Crippen LogP contribution in [-0.2, 0) is 14.6 Å². The average Bonchev–Trinajstić information content (AvgIpc) is 2.94. The molecule has 0 radical (unpaired) electrons. The van der Waals surface area contributed by atoms with E-state index in [4.69, 9.17) is 11.6 Å². The number of carbonyl (C=O) groups excluding carboxylic acids is 1. The molecule has 1 N–H and O–H groups in total. The summed E-state index contributed by atoms with van der Waals surface area (Å²) < 4.78 is 24.7. The van der Waals surface area contributed by atoms with Crippen molar-refractivity contribution in [2.24, 2.45) is 0 Å². The minimum absolute atomic E-state index is 0.0524. The van der Waals surface area contributed by atoms with Crippen molar-refractivity contribution in [2.75, 3.05) is 18.1 Å². The van der Waals surface area contributed by atoms with Crippen molar-refractivity contribution in [3.63, 3.8) is 0 Å². The van der Waals surface area contributed by atoms with Crippen LogP contribution in [0.2, 0.25) is 5.15 Å². The van der Waals surface area contributed by atoms with Crippen molar-refractivity contribution in [3.05, 3.63) is 35.1 Å². The van der Waals surface area contributed by atoms with Crippen molar-refractivity contribution in [2.45, 2.75) is 19.4 Å². The largest absolute Gasteiger partial charge is 0.349 e. The first kappa shape index (κ1) is 16.8. The first-order chi connectivity index (χ1) is 10.3. The number of amides is 1. The number of rotatable bonds is 5. The molecule has 1 atom stereocenters. The highest BCUT2D eigenvalue weighted by Crippen LogP contribution is 2.30. The van der Waals surface area contributed by atoms with E-state index in [-0.39, 0.29) is 23.5 Å². The molecule has 1 aromatic rings. The summed E-state index contributed by atoms with van der Waals surface area (Å²) >= 11 is 6.30. The van der Waals surface area contributed by atoms with Gasteiger partial charge in [0.15, 0.2) is 9.84 Å². The second-order valence-corrected chi connectivity index (χ2v) is 7.75. The van der Waals surface area contributed by atoms with Gasteiger partial charge in [-0.25, -0.2) is 13.1 Å². The quantitative estimate of drug-likeness (QED) is 0.649. The Morgan fingerprint density at radius 1 is 1.59 bits per heavy atom. The summed E-state index contributed by atoms with van der Waals surface area (Å²) in [5.74, 6) is -0.0506. The highest BCUT2D eigenvalue weighted by Gasteiger charge is 2.31. The fourth-order valence-electron chi connectivity index (χ4n) is 2.32. The first-order valence-electron chi connectivity index (χ1n) is 6.86. The van der Waals surface area contributed by atoms with Crippen LogP contribution in [0.4, 0.5) is 0 Å².